The largest absolute Gasteiger partial charge is 0.480 e. The summed E-state index contributed by atoms with van der Waals surface area (Å²) in [4.78, 5) is 2.13. The monoisotopic (exact) mass is 281 g/mol. The maximum absolute atomic E-state index is 6.57. The molecule has 0 aliphatic carbocycles. The first-order chi connectivity index (χ1) is 10.0. The molecule has 0 bridgehead atoms. The maximum atomic E-state index is 6.57. The molecule has 2 aromatic carbocycles. The van der Waals surface area contributed by atoms with E-state index in [0.717, 1.165) is 17.9 Å². The lowest BCUT2D eigenvalue weighted by Gasteiger charge is -2.42. The van der Waals surface area contributed by atoms with Crippen LogP contribution in [0.3, 0.4) is 0 Å². The van der Waals surface area contributed by atoms with Gasteiger partial charge in [0.15, 0.2) is 0 Å². The van der Waals surface area contributed by atoms with Gasteiger partial charge in [-0.25, -0.2) is 0 Å². The standard InChI is InChI=1S/C19H23NO/c1-14-13-15-9-8-12-17(20(3)4)18(15)21-19(14,2)16-10-6-5-7-11-16/h5-12,14H,13H2,1-4H3. The molecule has 1 heterocycles. The Morgan fingerprint density at radius 1 is 1.05 bits per heavy atom. The molecule has 0 saturated heterocycles. The van der Waals surface area contributed by atoms with Gasteiger partial charge in [-0.2, -0.15) is 0 Å². The van der Waals surface area contributed by atoms with E-state index in [9.17, 15) is 0 Å². The minimum atomic E-state index is -0.277. The van der Waals surface area contributed by atoms with Crippen molar-refractivity contribution < 1.29 is 4.74 Å². The second-order valence-corrected chi connectivity index (χ2v) is 6.34. The number of anilines is 1. The number of hydrogen-bond acceptors (Lipinski definition) is 2. The molecule has 1 aliphatic heterocycles. The predicted octanol–water partition coefficient (Wildman–Crippen LogP) is 4.24. The van der Waals surface area contributed by atoms with Gasteiger partial charge in [0.2, 0.25) is 0 Å². The van der Waals surface area contributed by atoms with Gasteiger partial charge in [-0.3, -0.25) is 0 Å². The van der Waals surface area contributed by atoms with Crippen molar-refractivity contribution in [2.24, 2.45) is 5.92 Å². The first-order valence-electron chi connectivity index (χ1n) is 7.56. The van der Waals surface area contributed by atoms with Gasteiger partial charge in [0.25, 0.3) is 0 Å². The fraction of sp³-hybridized carbons (Fsp3) is 0.368. The Morgan fingerprint density at radius 2 is 1.76 bits per heavy atom. The van der Waals surface area contributed by atoms with E-state index in [-0.39, 0.29) is 5.60 Å². The normalized spacial score (nSPS) is 24.1. The predicted molar refractivity (Wildman–Crippen MR) is 88.1 cm³/mol. The maximum Gasteiger partial charge on any atom is 0.147 e. The number of hydrogen-bond donors (Lipinski definition) is 0. The van der Waals surface area contributed by atoms with Gasteiger partial charge in [-0.1, -0.05) is 49.4 Å². The molecule has 0 saturated carbocycles. The summed E-state index contributed by atoms with van der Waals surface area (Å²) < 4.78 is 6.57. The molecule has 0 spiro atoms. The zero-order valence-electron chi connectivity index (χ0n) is 13.3. The highest BCUT2D eigenvalue weighted by atomic mass is 16.5. The first-order valence-corrected chi connectivity index (χ1v) is 7.56. The second-order valence-electron chi connectivity index (χ2n) is 6.34. The Bertz CT molecular complexity index is 635. The van der Waals surface area contributed by atoms with E-state index >= 15 is 0 Å². The fourth-order valence-electron chi connectivity index (χ4n) is 3.15. The Hall–Kier alpha value is -1.96. The van der Waals surface area contributed by atoms with Crippen molar-refractivity contribution in [3.63, 3.8) is 0 Å². The molecule has 110 valence electrons. The molecule has 2 nitrogen and oxygen atoms in total. The van der Waals surface area contributed by atoms with Crippen LogP contribution in [0, 0.1) is 5.92 Å². The quantitative estimate of drug-likeness (QED) is 0.816. The third kappa shape index (κ3) is 2.29. The van der Waals surface area contributed by atoms with Crippen LogP contribution < -0.4 is 9.64 Å². The summed E-state index contributed by atoms with van der Waals surface area (Å²) in [7, 11) is 4.13. The van der Waals surface area contributed by atoms with Crippen LogP contribution in [0.15, 0.2) is 48.5 Å². The van der Waals surface area contributed by atoms with Crippen LogP contribution in [0.2, 0.25) is 0 Å². The van der Waals surface area contributed by atoms with Gasteiger partial charge in [-0.05, 0) is 30.5 Å². The summed E-state index contributed by atoms with van der Waals surface area (Å²) in [5.74, 6) is 1.47. The van der Waals surface area contributed by atoms with E-state index in [4.69, 9.17) is 4.74 Å². The van der Waals surface area contributed by atoms with Crippen LogP contribution in [-0.4, -0.2) is 14.1 Å². The average molecular weight is 281 g/mol. The summed E-state index contributed by atoms with van der Waals surface area (Å²) >= 11 is 0. The average Bonchev–Trinajstić information content (AvgIpc) is 2.48. The SMILES string of the molecule is CC1Cc2cccc(N(C)C)c2OC1(C)c1ccccc1. The van der Waals surface area contributed by atoms with Crippen molar-refractivity contribution in [1.29, 1.82) is 0 Å². The lowest BCUT2D eigenvalue weighted by Crippen LogP contribution is -2.41. The third-order valence-electron chi connectivity index (χ3n) is 4.69. The minimum Gasteiger partial charge on any atom is -0.480 e. The van der Waals surface area contributed by atoms with E-state index in [2.05, 4.69) is 81.4 Å². The van der Waals surface area contributed by atoms with E-state index in [0.29, 0.717) is 5.92 Å². The van der Waals surface area contributed by atoms with Crippen molar-refractivity contribution in [1.82, 2.24) is 0 Å². The summed E-state index contributed by atoms with van der Waals surface area (Å²) in [6.07, 6.45) is 1.04. The molecule has 3 rings (SSSR count). The Morgan fingerprint density at radius 3 is 2.43 bits per heavy atom. The second kappa shape index (κ2) is 5.10. The van der Waals surface area contributed by atoms with Gasteiger partial charge in [-0.15, -0.1) is 0 Å². The van der Waals surface area contributed by atoms with Crippen molar-refractivity contribution >= 4 is 5.69 Å². The molecular formula is C19H23NO. The van der Waals surface area contributed by atoms with Gasteiger partial charge in [0.1, 0.15) is 11.4 Å². The lowest BCUT2D eigenvalue weighted by atomic mass is 9.78. The van der Waals surface area contributed by atoms with Crippen molar-refractivity contribution in [2.45, 2.75) is 25.9 Å². The van der Waals surface area contributed by atoms with Crippen LogP contribution in [0.1, 0.15) is 25.0 Å². The molecule has 0 aromatic heterocycles. The molecule has 0 amide bonds. The molecule has 0 N–H and O–H groups in total. The summed E-state index contributed by atoms with van der Waals surface area (Å²) in [5, 5.41) is 0. The number of para-hydroxylation sites is 1. The first kappa shape index (κ1) is 14.0. The summed E-state index contributed by atoms with van der Waals surface area (Å²) in [6, 6.07) is 17.0. The van der Waals surface area contributed by atoms with Gasteiger partial charge >= 0.3 is 0 Å². The molecule has 0 fully saturated rings. The van der Waals surface area contributed by atoms with Gasteiger partial charge in [0, 0.05) is 20.0 Å². The number of fused-ring (bicyclic) bond motifs is 1. The van der Waals surface area contributed by atoms with E-state index in [1.807, 2.05) is 0 Å². The smallest absolute Gasteiger partial charge is 0.147 e. The van der Waals surface area contributed by atoms with Crippen molar-refractivity contribution in [3.05, 3.63) is 59.7 Å². The molecule has 21 heavy (non-hydrogen) atoms. The molecule has 1 aliphatic rings. The third-order valence-corrected chi connectivity index (χ3v) is 4.69. The highest BCUT2D eigenvalue weighted by molar-refractivity contribution is 5.62. The van der Waals surface area contributed by atoms with Crippen LogP contribution in [-0.2, 0) is 12.0 Å². The minimum absolute atomic E-state index is 0.277. The Kier molecular flexibility index (Phi) is 3.40. The zero-order valence-corrected chi connectivity index (χ0v) is 13.3. The van der Waals surface area contributed by atoms with E-state index in [1.165, 1.54) is 11.1 Å². The molecule has 2 aromatic rings. The Labute approximate surface area is 127 Å². The van der Waals surface area contributed by atoms with Crippen LogP contribution in [0.5, 0.6) is 5.75 Å². The number of nitrogens with zero attached hydrogens (tertiary/aromatic N) is 1. The van der Waals surface area contributed by atoms with Crippen molar-refractivity contribution in [3.8, 4) is 5.75 Å². The molecular weight excluding hydrogens is 258 g/mol. The molecule has 2 unspecified atom stereocenters. The highest BCUT2D eigenvalue weighted by Crippen LogP contribution is 2.46. The van der Waals surface area contributed by atoms with E-state index < -0.39 is 0 Å². The number of rotatable bonds is 2. The van der Waals surface area contributed by atoms with Gasteiger partial charge < -0.3 is 9.64 Å². The summed E-state index contributed by atoms with van der Waals surface area (Å²) in [5.41, 5.74) is 3.43. The fourth-order valence-corrected chi connectivity index (χ4v) is 3.15. The highest BCUT2D eigenvalue weighted by Gasteiger charge is 2.40. The molecule has 2 heteroatoms. The lowest BCUT2D eigenvalue weighted by molar-refractivity contribution is 0.0138. The van der Waals surface area contributed by atoms with Crippen molar-refractivity contribution in [2.75, 3.05) is 19.0 Å². The summed E-state index contributed by atoms with van der Waals surface area (Å²) in [6.45, 7) is 4.49. The Balaban J connectivity index is 2.09. The topological polar surface area (TPSA) is 12.5 Å². The number of benzene rings is 2. The van der Waals surface area contributed by atoms with Crippen LogP contribution in [0.25, 0.3) is 0 Å². The van der Waals surface area contributed by atoms with Gasteiger partial charge in [0.05, 0.1) is 5.69 Å². The van der Waals surface area contributed by atoms with E-state index in [1.54, 1.807) is 0 Å². The number of ether oxygens (including phenoxy) is 1. The van der Waals surface area contributed by atoms with Crippen LogP contribution in [0.4, 0.5) is 5.69 Å². The molecule has 0 radical (unpaired) electrons. The van der Waals surface area contributed by atoms with Crippen LogP contribution >= 0.6 is 0 Å². The zero-order chi connectivity index (χ0) is 15.0. The molecule has 2 atom stereocenters.